The largest absolute Gasteiger partial charge is 0.399 e. The summed E-state index contributed by atoms with van der Waals surface area (Å²) >= 11 is 0. The van der Waals surface area contributed by atoms with Crippen molar-refractivity contribution < 1.29 is 8.42 Å². The van der Waals surface area contributed by atoms with Crippen molar-refractivity contribution in [3.63, 3.8) is 0 Å². The summed E-state index contributed by atoms with van der Waals surface area (Å²) in [6, 6.07) is 10.6. The molecule has 0 unspecified atom stereocenters. The van der Waals surface area contributed by atoms with E-state index in [4.69, 9.17) is 5.73 Å². The number of hydrogen-bond acceptors (Lipinski definition) is 3. The fourth-order valence-corrected chi connectivity index (χ4v) is 3.97. The molecule has 0 bridgehead atoms. The first-order chi connectivity index (χ1) is 9.94. The number of sulfonamides is 1. The van der Waals surface area contributed by atoms with Crippen LogP contribution in [-0.2, 0) is 22.9 Å². The Morgan fingerprint density at radius 2 is 1.81 bits per heavy atom. The molecule has 2 aromatic carbocycles. The zero-order valence-corrected chi connectivity index (χ0v) is 12.7. The van der Waals surface area contributed by atoms with Gasteiger partial charge in [0.05, 0.1) is 4.90 Å². The van der Waals surface area contributed by atoms with Gasteiger partial charge in [-0.25, -0.2) is 8.42 Å². The maximum Gasteiger partial charge on any atom is 0.261 e. The number of fused-ring (bicyclic) bond motifs is 1. The molecular weight excluding hydrogens is 284 g/mol. The van der Waals surface area contributed by atoms with Crippen LogP contribution in [0.15, 0.2) is 41.3 Å². The molecule has 3 rings (SSSR count). The van der Waals surface area contributed by atoms with Crippen molar-refractivity contribution in [3.05, 3.63) is 53.1 Å². The second-order valence-corrected chi connectivity index (χ2v) is 7.20. The molecule has 0 aromatic heterocycles. The third kappa shape index (κ3) is 2.88. The average molecular weight is 302 g/mol. The van der Waals surface area contributed by atoms with Gasteiger partial charge in [-0.1, -0.05) is 6.07 Å². The minimum Gasteiger partial charge on any atom is -0.399 e. The molecule has 110 valence electrons. The third-order valence-electron chi connectivity index (χ3n) is 3.73. The lowest BCUT2D eigenvalue weighted by Crippen LogP contribution is -2.13. The van der Waals surface area contributed by atoms with Crippen LogP contribution in [-0.4, -0.2) is 8.42 Å². The quantitative estimate of drug-likeness (QED) is 0.856. The summed E-state index contributed by atoms with van der Waals surface area (Å²) in [5.74, 6) is 0. The highest BCUT2D eigenvalue weighted by atomic mass is 32.2. The molecule has 5 heteroatoms. The summed E-state index contributed by atoms with van der Waals surface area (Å²) in [6.07, 6.45) is 3.24. The topological polar surface area (TPSA) is 72.2 Å². The standard InChI is InChI=1S/C16H18N2O2S/c1-11-7-14(17)10-16(8-11)21(19,20)18-15-6-5-12-3-2-4-13(12)9-15/h5-10,18H,2-4,17H2,1H3. The van der Waals surface area contributed by atoms with Crippen molar-refractivity contribution in [2.75, 3.05) is 10.5 Å². The van der Waals surface area contributed by atoms with Crippen LogP contribution in [0.2, 0.25) is 0 Å². The summed E-state index contributed by atoms with van der Waals surface area (Å²) in [5, 5.41) is 0. The van der Waals surface area contributed by atoms with Gasteiger partial charge < -0.3 is 5.73 Å². The molecule has 0 radical (unpaired) electrons. The Balaban J connectivity index is 1.92. The van der Waals surface area contributed by atoms with E-state index in [9.17, 15) is 8.42 Å². The minimum atomic E-state index is -3.61. The van der Waals surface area contributed by atoms with Crippen molar-refractivity contribution in [2.24, 2.45) is 0 Å². The summed E-state index contributed by atoms with van der Waals surface area (Å²) in [4.78, 5) is 0.195. The zero-order chi connectivity index (χ0) is 15.0. The smallest absolute Gasteiger partial charge is 0.261 e. The van der Waals surface area contributed by atoms with E-state index in [0.29, 0.717) is 11.4 Å². The number of hydrogen-bond donors (Lipinski definition) is 2. The lowest BCUT2D eigenvalue weighted by atomic mass is 10.1. The molecule has 2 aromatic rings. The van der Waals surface area contributed by atoms with Gasteiger partial charge in [-0.3, -0.25) is 4.72 Å². The van der Waals surface area contributed by atoms with E-state index >= 15 is 0 Å². The Morgan fingerprint density at radius 1 is 1.05 bits per heavy atom. The number of rotatable bonds is 3. The molecule has 4 nitrogen and oxygen atoms in total. The molecule has 1 aliphatic carbocycles. The van der Waals surface area contributed by atoms with Gasteiger partial charge in [-0.15, -0.1) is 0 Å². The first-order valence-corrected chi connectivity index (χ1v) is 8.44. The van der Waals surface area contributed by atoms with Gasteiger partial charge in [0.2, 0.25) is 0 Å². The SMILES string of the molecule is Cc1cc(N)cc(S(=O)(=O)Nc2ccc3c(c2)CCC3)c1. The number of nitrogens with two attached hydrogens (primary N) is 1. The van der Waals surface area contributed by atoms with Crippen molar-refractivity contribution in [1.82, 2.24) is 0 Å². The van der Waals surface area contributed by atoms with Gasteiger partial charge in [-0.2, -0.15) is 0 Å². The van der Waals surface area contributed by atoms with Crippen LogP contribution < -0.4 is 10.5 Å². The third-order valence-corrected chi connectivity index (χ3v) is 5.09. The molecule has 21 heavy (non-hydrogen) atoms. The Hall–Kier alpha value is -2.01. The summed E-state index contributed by atoms with van der Waals surface area (Å²) < 4.78 is 27.5. The number of nitrogens with one attached hydrogen (secondary N) is 1. The van der Waals surface area contributed by atoms with Crippen LogP contribution >= 0.6 is 0 Å². The van der Waals surface area contributed by atoms with E-state index < -0.39 is 10.0 Å². The second kappa shape index (κ2) is 5.07. The minimum absolute atomic E-state index is 0.195. The van der Waals surface area contributed by atoms with Crippen LogP contribution in [0.3, 0.4) is 0 Å². The van der Waals surface area contributed by atoms with E-state index in [2.05, 4.69) is 4.72 Å². The van der Waals surface area contributed by atoms with Crippen molar-refractivity contribution in [2.45, 2.75) is 31.1 Å². The monoisotopic (exact) mass is 302 g/mol. The predicted molar refractivity (Wildman–Crippen MR) is 84.9 cm³/mol. The fourth-order valence-electron chi connectivity index (χ4n) is 2.78. The molecule has 0 saturated carbocycles. The van der Waals surface area contributed by atoms with E-state index in [1.54, 1.807) is 12.1 Å². The van der Waals surface area contributed by atoms with Gasteiger partial charge in [0.25, 0.3) is 10.0 Å². The molecule has 0 amide bonds. The molecule has 0 aliphatic heterocycles. The van der Waals surface area contributed by atoms with Gasteiger partial charge in [-0.05, 0) is 73.2 Å². The Kier molecular flexibility index (Phi) is 3.37. The van der Waals surface area contributed by atoms with Crippen molar-refractivity contribution in [3.8, 4) is 0 Å². The number of nitrogen functional groups attached to an aromatic ring is 1. The highest BCUT2D eigenvalue weighted by Gasteiger charge is 2.17. The van der Waals surface area contributed by atoms with Crippen molar-refractivity contribution >= 4 is 21.4 Å². The second-order valence-electron chi connectivity index (χ2n) is 5.52. The van der Waals surface area contributed by atoms with Gasteiger partial charge in [0.15, 0.2) is 0 Å². The first kappa shape index (κ1) is 13.9. The Morgan fingerprint density at radius 3 is 2.57 bits per heavy atom. The normalized spacial score (nSPS) is 14.0. The fraction of sp³-hybridized carbons (Fsp3) is 0.250. The molecule has 0 saturated heterocycles. The van der Waals surface area contributed by atoms with Gasteiger partial charge >= 0.3 is 0 Å². The van der Waals surface area contributed by atoms with Gasteiger partial charge in [0.1, 0.15) is 0 Å². The predicted octanol–water partition coefficient (Wildman–Crippen LogP) is 2.87. The highest BCUT2D eigenvalue weighted by molar-refractivity contribution is 7.92. The van der Waals surface area contributed by atoms with Crippen LogP contribution in [0.25, 0.3) is 0 Å². The van der Waals surface area contributed by atoms with E-state index in [0.717, 1.165) is 24.8 Å². The summed E-state index contributed by atoms with van der Waals surface area (Å²) in [5.41, 5.74) is 10.2. The van der Waals surface area contributed by atoms with E-state index in [-0.39, 0.29) is 4.90 Å². The molecular formula is C16H18N2O2S. The number of aryl methyl sites for hydroxylation is 3. The van der Waals surface area contributed by atoms with Crippen LogP contribution in [0.5, 0.6) is 0 Å². The van der Waals surface area contributed by atoms with E-state index in [1.807, 2.05) is 25.1 Å². The summed E-state index contributed by atoms with van der Waals surface area (Å²) in [6.45, 7) is 1.82. The maximum atomic E-state index is 12.4. The molecule has 0 spiro atoms. The van der Waals surface area contributed by atoms with Crippen LogP contribution in [0.1, 0.15) is 23.1 Å². The van der Waals surface area contributed by atoms with Gasteiger partial charge in [0, 0.05) is 11.4 Å². The number of benzene rings is 2. The average Bonchev–Trinajstić information content (AvgIpc) is 2.84. The van der Waals surface area contributed by atoms with Crippen LogP contribution in [0, 0.1) is 6.92 Å². The first-order valence-electron chi connectivity index (χ1n) is 6.96. The lowest BCUT2D eigenvalue weighted by molar-refractivity contribution is 0.601. The molecule has 0 fully saturated rings. The maximum absolute atomic E-state index is 12.4. The summed E-state index contributed by atoms with van der Waals surface area (Å²) in [7, 11) is -3.61. The molecule has 1 aliphatic rings. The molecule has 0 atom stereocenters. The molecule has 3 N–H and O–H groups in total. The Labute approximate surface area is 125 Å². The lowest BCUT2D eigenvalue weighted by Gasteiger charge is -2.11. The Bertz CT molecular complexity index is 778. The highest BCUT2D eigenvalue weighted by Crippen LogP contribution is 2.26. The van der Waals surface area contributed by atoms with Crippen molar-refractivity contribution in [1.29, 1.82) is 0 Å². The zero-order valence-electron chi connectivity index (χ0n) is 11.9. The van der Waals surface area contributed by atoms with Crippen LogP contribution in [0.4, 0.5) is 11.4 Å². The number of anilines is 2. The van der Waals surface area contributed by atoms with E-state index in [1.165, 1.54) is 17.2 Å². The molecule has 0 heterocycles.